The lowest BCUT2D eigenvalue weighted by molar-refractivity contribution is -0.121. The van der Waals surface area contributed by atoms with Gasteiger partial charge in [-0.1, -0.05) is 43.2 Å². The molecular weight excluding hydrogens is 300 g/mol. The van der Waals surface area contributed by atoms with Crippen molar-refractivity contribution >= 4 is 11.9 Å². The molecule has 1 aliphatic rings. The van der Waals surface area contributed by atoms with Crippen LogP contribution in [0.4, 0.5) is 0 Å². The topological polar surface area (TPSA) is 65.5 Å². The standard InChI is InChI=1S/C19H30N4O/c1-20-19(22-12-11-16-7-3-2-4-8-16)23-14-13-21-18(24)15-17-9-5-6-10-17/h2-4,7-8,17H,5-6,9-15H2,1H3,(H,21,24)(H2,20,22,23). The number of nitrogens with zero attached hydrogens (tertiary/aromatic N) is 1. The van der Waals surface area contributed by atoms with E-state index in [0.29, 0.717) is 25.4 Å². The van der Waals surface area contributed by atoms with Gasteiger partial charge in [-0.05, 0) is 30.7 Å². The number of hydrogen-bond acceptors (Lipinski definition) is 2. The number of hydrogen-bond donors (Lipinski definition) is 3. The second kappa shape index (κ2) is 10.7. The van der Waals surface area contributed by atoms with Gasteiger partial charge in [0.15, 0.2) is 5.96 Å². The summed E-state index contributed by atoms with van der Waals surface area (Å²) in [7, 11) is 1.76. The Hall–Kier alpha value is -2.04. The Balaban J connectivity index is 1.53. The number of amides is 1. The van der Waals surface area contributed by atoms with Crippen molar-refractivity contribution < 1.29 is 4.79 Å². The molecule has 0 unspecified atom stereocenters. The van der Waals surface area contributed by atoms with Gasteiger partial charge in [-0.3, -0.25) is 9.79 Å². The monoisotopic (exact) mass is 330 g/mol. The van der Waals surface area contributed by atoms with E-state index in [0.717, 1.165) is 18.9 Å². The zero-order valence-electron chi connectivity index (χ0n) is 14.7. The van der Waals surface area contributed by atoms with Crippen LogP contribution in [0.15, 0.2) is 35.3 Å². The van der Waals surface area contributed by atoms with Crippen LogP contribution in [0.2, 0.25) is 0 Å². The van der Waals surface area contributed by atoms with Crippen LogP contribution >= 0.6 is 0 Å². The van der Waals surface area contributed by atoms with Crippen LogP contribution < -0.4 is 16.0 Å². The van der Waals surface area contributed by atoms with Crippen molar-refractivity contribution in [2.75, 3.05) is 26.7 Å². The second-order valence-corrected chi connectivity index (χ2v) is 6.37. The smallest absolute Gasteiger partial charge is 0.220 e. The van der Waals surface area contributed by atoms with Crippen LogP contribution in [-0.4, -0.2) is 38.5 Å². The molecule has 1 aliphatic carbocycles. The molecular formula is C19H30N4O. The molecule has 0 aliphatic heterocycles. The minimum Gasteiger partial charge on any atom is -0.356 e. The van der Waals surface area contributed by atoms with E-state index in [2.05, 4.69) is 45.2 Å². The van der Waals surface area contributed by atoms with Gasteiger partial charge >= 0.3 is 0 Å². The van der Waals surface area contributed by atoms with E-state index in [1.165, 1.54) is 31.2 Å². The van der Waals surface area contributed by atoms with Gasteiger partial charge < -0.3 is 16.0 Å². The van der Waals surface area contributed by atoms with Crippen LogP contribution in [0.25, 0.3) is 0 Å². The van der Waals surface area contributed by atoms with E-state index in [1.54, 1.807) is 7.05 Å². The number of guanidine groups is 1. The van der Waals surface area contributed by atoms with Gasteiger partial charge in [-0.15, -0.1) is 0 Å². The summed E-state index contributed by atoms with van der Waals surface area (Å²) in [4.78, 5) is 16.1. The summed E-state index contributed by atoms with van der Waals surface area (Å²) in [5.74, 6) is 1.55. The summed E-state index contributed by atoms with van der Waals surface area (Å²) < 4.78 is 0. The van der Waals surface area contributed by atoms with Crippen molar-refractivity contribution in [1.82, 2.24) is 16.0 Å². The minimum atomic E-state index is 0.177. The number of benzene rings is 1. The largest absolute Gasteiger partial charge is 0.356 e. The third kappa shape index (κ3) is 7.02. The van der Waals surface area contributed by atoms with Gasteiger partial charge in [0, 0.05) is 33.1 Å². The summed E-state index contributed by atoms with van der Waals surface area (Å²) in [6.07, 6.45) is 6.63. The Morgan fingerprint density at radius 3 is 2.42 bits per heavy atom. The molecule has 1 saturated carbocycles. The van der Waals surface area contributed by atoms with Crippen molar-refractivity contribution in [3.05, 3.63) is 35.9 Å². The van der Waals surface area contributed by atoms with Crippen LogP contribution in [0, 0.1) is 5.92 Å². The Morgan fingerprint density at radius 2 is 1.71 bits per heavy atom. The molecule has 0 aromatic heterocycles. The molecule has 0 radical (unpaired) electrons. The normalized spacial score (nSPS) is 15.3. The molecule has 5 heteroatoms. The highest BCUT2D eigenvalue weighted by atomic mass is 16.1. The molecule has 1 fully saturated rings. The Morgan fingerprint density at radius 1 is 1.04 bits per heavy atom. The fourth-order valence-electron chi connectivity index (χ4n) is 3.12. The molecule has 2 rings (SSSR count). The lowest BCUT2D eigenvalue weighted by atomic mass is 10.0. The third-order valence-electron chi connectivity index (χ3n) is 4.46. The summed E-state index contributed by atoms with van der Waals surface area (Å²) in [5.41, 5.74) is 1.31. The molecule has 0 heterocycles. The molecule has 0 spiro atoms. The zero-order chi connectivity index (χ0) is 17.0. The SMILES string of the molecule is CN=C(NCCNC(=O)CC1CCCC1)NCCc1ccccc1. The molecule has 0 saturated heterocycles. The molecule has 1 amide bonds. The van der Waals surface area contributed by atoms with Crippen LogP contribution in [-0.2, 0) is 11.2 Å². The minimum absolute atomic E-state index is 0.177. The first-order valence-electron chi connectivity index (χ1n) is 9.03. The fraction of sp³-hybridized carbons (Fsp3) is 0.579. The van der Waals surface area contributed by atoms with E-state index in [-0.39, 0.29) is 5.91 Å². The Bertz CT molecular complexity index is 509. The predicted octanol–water partition coefficient (Wildman–Crippen LogP) is 2.09. The molecule has 1 aromatic rings. The fourth-order valence-corrected chi connectivity index (χ4v) is 3.12. The second-order valence-electron chi connectivity index (χ2n) is 6.37. The molecule has 0 atom stereocenters. The number of nitrogens with one attached hydrogen (secondary N) is 3. The van der Waals surface area contributed by atoms with Crippen molar-refractivity contribution in [3.63, 3.8) is 0 Å². The molecule has 0 bridgehead atoms. The predicted molar refractivity (Wildman–Crippen MR) is 99.1 cm³/mol. The summed E-state index contributed by atoms with van der Waals surface area (Å²) in [6, 6.07) is 10.4. The number of rotatable bonds is 8. The van der Waals surface area contributed by atoms with E-state index >= 15 is 0 Å². The highest BCUT2D eigenvalue weighted by Crippen LogP contribution is 2.27. The molecule has 3 N–H and O–H groups in total. The van der Waals surface area contributed by atoms with Gasteiger partial charge in [0.1, 0.15) is 0 Å². The van der Waals surface area contributed by atoms with Gasteiger partial charge in [-0.25, -0.2) is 0 Å². The van der Waals surface area contributed by atoms with E-state index < -0.39 is 0 Å². The maximum absolute atomic E-state index is 11.9. The molecule has 1 aromatic carbocycles. The van der Waals surface area contributed by atoms with Gasteiger partial charge in [0.2, 0.25) is 5.91 Å². The molecule has 132 valence electrons. The Kier molecular flexibility index (Phi) is 8.15. The first-order chi connectivity index (χ1) is 11.8. The molecule has 5 nitrogen and oxygen atoms in total. The van der Waals surface area contributed by atoms with Gasteiger partial charge in [0.25, 0.3) is 0 Å². The van der Waals surface area contributed by atoms with E-state index in [9.17, 15) is 4.79 Å². The van der Waals surface area contributed by atoms with E-state index in [1.807, 2.05) is 6.07 Å². The molecule has 24 heavy (non-hydrogen) atoms. The highest BCUT2D eigenvalue weighted by Gasteiger charge is 2.17. The van der Waals surface area contributed by atoms with Crippen molar-refractivity contribution in [2.24, 2.45) is 10.9 Å². The van der Waals surface area contributed by atoms with Gasteiger partial charge in [0.05, 0.1) is 0 Å². The maximum Gasteiger partial charge on any atom is 0.220 e. The number of aliphatic imine (C=N–C) groups is 1. The average molecular weight is 330 g/mol. The summed E-state index contributed by atoms with van der Waals surface area (Å²) in [5, 5.41) is 9.51. The lowest BCUT2D eigenvalue weighted by Crippen LogP contribution is -2.42. The lowest BCUT2D eigenvalue weighted by Gasteiger charge is -2.13. The zero-order valence-corrected chi connectivity index (χ0v) is 14.7. The Labute approximate surface area is 145 Å². The van der Waals surface area contributed by atoms with Crippen molar-refractivity contribution in [1.29, 1.82) is 0 Å². The highest BCUT2D eigenvalue weighted by molar-refractivity contribution is 5.80. The first kappa shape index (κ1) is 18.3. The third-order valence-corrected chi connectivity index (χ3v) is 4.46. The van der Waals surface area contributed by atoms with Crippen LogP contribution in [0.5, 0.6) is 0 Å². The van der Waals surface area contributed by atoms with Crippen LogP contribution in [0.1, 0.15) is 37.7 Å². The summed E-state index contributed by atoms with van der Waals surface area (Å²) in [6.45, 7) is 2.14. The quantitative estimate of drug-likeness (QED) is 0.388. The van der Waals surface area contributed by atoms with Crippen molar-refractivity contribution in [3.8, 4) is 0 Å². The summed E-state index contributed by atoms with van der Waals surface area (Å²) >= 11 is 0. The van der Waals surface area contributed by atoms with Gasteiger partial charge in [-0.2, -0.15) is 0 Å². The van der Waals surface area contributed by atoms with E-state index in [4.69, 9.17) is 0 Å². The maximum atomic E-state index is 11.9. The van der Waals surface area contributed by atoms with Crippen molar-refractivity contribution in [2.45, 2.75) is 38.5 Å². The number of carbonyl (C=O) groups excluding carboxylic acids is 1. The first-order valence-corrected chi connectivity index (χ1v) is 9.03. The van der Waals surface area contributed by atoms with Crippen LogP contribution in [0.3, 0.4) is 0 Å². The number of carbonyl (C=O) groups is 1. The average Bonchev–Trinajstić information content (AvgIpc) is 3.11.